The minimum atomic E-state index is -0.746. The van der Waals surface area contributed by atoms with E-state index >= 15 is 0 Å². The first kappa shape index (κ1) is 26.0. The summed E-state index contributed by atoms with van der Waals surface area (Å²) < 4.78 is 11.4. The molecule has 1 unspecified atom stereocenters. The average molecular weight is 456 g/mol. The van der Waals surface area contributed by atoms with Crippen molar-refractivity contribution in [3.05, 3.63) is 53.9 Å². The van der Waals surface area contributed by atoms with Crippen LogP contribution in [-0.2, 0) is 11.4 Å². The second-order valence-electron chi connectivity index (χ2n) is 7.47. The number of nitrogens with two attached hydrogens (primary N) is 1. The van der Waals surface area contributed by atoms with Crippen molar-refractivity contribution in [1.29, 1.82) is 0 Å². The summed E-state index contributed by atoms with van der Waals surface area (Å²) in [5, 5.41) is 3.07. The van der Waals surface area contributed by atoms with Gasteiger partial charge >= 0.3 is 0 Å². The van der Waals surface area contributed by atoms with Gasteiger partial charge in [-0.05, 0) is 55.2 Å². The van der Waals surface area contributed by atoms with Crippen molar-refractivity contribution in [2.75, 3.05) is 7.11 Å². The van der Waals surface area contributed by atoms with Crippen molar-refractivity contribution in [3.63, 3.8) is 0 Å². The summed E-state index contributed by atoms with van der Waals surface area (Å²) in [5.41, 5.74) is 7.57. The number of hydrogen-bond donors (Lipinski definition) is 2. The van der Waals surface area contributed by atoms with Crippen LogP contribution in [0.4, 0.5) is 0 Å². The number of nitrogens with one attached hydrogen (secondary N) is 1. The molecule has 1 atom stereocenters. The molecule has 1 saturated carbocycles. The fourth-order valence-corrected chi connectivity index (χ4v) is 3.55. The highest BCUT2D eigenvalue weighted by molar-refractivity contribution is 5.86. The van der Waals surface area contributed by atoms with Gasteiger partial charge in [-0.25, -0.2) is 0 Å². The number of amides is 1. The van der Waals surface area contributed by atoms with E-state index in [9.17, 15) is 4.79 Å². The van der Waals surface area contributed by atoms with Crippen molar-refractivity contribution in [1.82, 2.24) is 10.3 Å². The highest BCUT2D eigenvalue weighted by Gasteiger charge is 2.35. The zero-order valence-corrected chi connectivity index (χ0v) is 19.1. The van der Waals surface area contributed by atoms with E-state index in [-0.39, 0.29) is 36.8 Å². The molecule has 2 aromatic rings. The maximum Gasteiger partial charge on any atom is 0.240 e. The van der Waals surface area contributed by atoms with Crippen molar-refractivity contribution in [2.45, 2.75) is 57.2 Å². The molecule has 3 rings (SSSR count). The van der Waals surface area contributed by atoms with Crippen molar-refractivity contribution >= 4 is 30.7 Å². The molecule has 0 saturated heterocycles. The maximum atomic E-state index is 12.7. The first-order valence-electron chi connectivity index (χ1n) is 9.81. The third-order valence-corrected chi connectivity index (χ3v) is 5.38. The summed E-state index contributed by atoms with van der Waals surface area (Å²) in [6.45, 7) is 2.39. The zero-order chi connectivity index (χ0) is 20.0. The van der Waals surface area contributed by atoms with Gasteiger partial charge in [0.2, 0.25) is 5.91 Å². The molecule has 0 radical (unpaired) electrons. The van der Waals surface area contributed by atoms with Crippen LogP contribution in [0.1, 0.15) is 56.2 Å². The lowest BCUT2D eigenvalue weighted by Crippen LogP contribution is -2.55. The summed E-state index contributed by atoms with van der Waals surface area (Å²) in [7, 11) is 1.61. The minimum absolute atomic E-state index is 0. The van der Waals surface area contributed by atoms with Crippen molar-refractivity contribution in [3.8, 4) is 11.5 Å². The van der Waals surface area contributed by atoms with Crippen molar-refractivity contribution in [2.24, 2.45) is 5.73 Å². The predicted molar refractivity (Wildman–Crippen MR) is 123 cm³/mol. The van der Waals surface area contributed by atoms with Gasteiger partial charge in [0.15, 0.2) is 11.5 Å². The number of nitrogens with zero attached hydrogens (tertiary/aromatic N) is 1. The van der Waals surface area contributed by atoms with E-state index in [0.29, 0.717) is 18.1 Å². The number of aromatic nitrogens is 1. The first-order chi connectivity index (χ1) is 13.5. The summed E-state index contributed by atoms with van der Waals surface area (Å²) in [4.78, 5) is 16.7. The fraction of sp³-hybridized carbons (Fsp3) is 0.455. The third-order valence-electron chi connectivity index (χ3n) is 5.38. The third kappa shape index (κ3) is 6.49. The molecule has 0 spiro atoms. The standard InChI is InChI=1S/C22H29N3O3.2ClH/c1-16(25-21(26)22(23)10-4-3-5-11-22)18-6-7-19(20(14-18)27-2)28-15-17-8-12-24-13-9-17;;/h6-9,12-14,16H,3-5,10-11,15,23H2,1-2H3,(H,25,26);2*1H. The number of carbonyl (C=O) groups is 1. The molecule has 166 valence electrons. The molecule has 0 aliphatic heterocycles. The molecule has 1 aromatic heterocycles. The van der Waals surface area contributed by atoms with Crippen LogP contribution >= 0.6 is 24.8 Å². The quantitative estimate of drug-likeness (QED) is 0.647. The lowest BCUT2D eigenvalue weighted by molar-refractivity contribution is -0.128. The smallest absolute Gasteiger partial charge is 0.240 e. The minimum Gasteiger partial charge on any atom is -0.493 e. The van der Waals surface area contributed by atoms with Crippen LogP contribution in [-0.4, -0.2) is 23.5 Å². The molecule has 1 aromatic carbocycles. The summed E-state index contributed by atoms with van der Waals surface area (Å²) in [6, 6.07) is 9.37. The van der Waals surface area contributed by atoms with Crippen LogP contribution in [0.3, 0.4) is 0 Å². The van der Waals surface area contributed by atoms with Crippen LogP contribution in [0, 0.1) is 0 Å². The Balaban J connectivity index is 0.00000225. The molecular formula is C22H31Cl2N3O3. The fourth-order valence-electron chi connectivity index (χ4n) is 3.55. The topological polar surface area (TPSA) is 86.5 Å². The van der Waals surface area contributed by atoms with Crippen molar-refractivity contribution < 1.29 is 14.3 Å². The molecule has 6 nitrogen and oxygen atoms in total. The Morgan fingerprint density at radius 1 is 1.13 bits per heavy atom. The Hall–Kier alpha value is -2.02. The molecule has 1 aliphatic carbocycles. The second-order valence-corrected chi connectivity index (χ2v) is 7.47. The zero-order valence-electron chi connectivity index (χ0n) is 17.4. The monoisotopic (exact) mass is 455 g/mol. The van der Waals surface area contributed by atoms with Gasteiger partial charge in [-0.15, -0.1) is 24.8 Å². The number of ether oxygens (including phenoxy) is 2. The highest BCUT2D eigenvalue weighted by atomic mass is 35.5. The van der Waals surface area contributed by atoms with Gasteiger partial charge in [0.05, 0.1) is 18.7 Å². The van der Waals surface area contributed by atoms with Crippen LogP contribution in [0.5, 0.6) is 11.5 Å². The molecular weight excluding hydrogens is 425 g/mol. The van der Waals surface area contributed by atoms with E-state index in [1.807, 2.05) is 37.3 Å². The van der Waals surface area contributed by atoms with E-state index in [4.69, 9.17) is 15.2 Å². The number of pyridine rings is 1. The lowest BCUT2D eigenvalue weighted by Gasteiger charge is -2.33. The number of methoxy groups -OCH3 is 1. The molecule has 3 N–H and O–H groups in total. The Bertz CT molecular complexity index is 799. The SMILES string of the molecule is COc1cc(C(C)NC(=O)C2(N)CCCCC2)ccc1OCc1ccncc1.Cl.Cl. The number of hydrogen-bond acceptors (Lipinski definition) is 5. The predicted octanol–water partition coefficient (Wildman–Crippen LogP) is 4.35. The van der Waals surface area contributed by atoms with Gasteiger partial charge in [-0.3, -0.25) is 9.78 Å². The van der Waals surface area contributed by atoms with Gasteiger partial charge in [-0.1, -0.05) is 25.3 Å². The van der Waals surface area contributed by atoms with E-state index in [0.717, 1.165) is 43.2 Å². The van der Waals surface area contributed by atoms with Gasteiger partial charge in [0.1, 0.15) is 6.61 Å². The van der Waals surface area contributed by atoms with Gasteiger partial charge in [0.25, 0.3) is 0 Å². The van der Waals surface area contributed by atoms with Crippen LogP contribution in [0.15, 0.2) is 42.7 Å². The maximum absolute atomic E-state index is 12.7. The largest absolute Gasteiger partial charge is 0.493 e. The molecule has 0 bridgehead atoms. The van der Waals surface area contributed by atoms with E-state index in [2.05, 4.69) is 10.3 Å². The van der Waals surface area contributed by atoms with Gasteiger partial charge in [-0.2, -0.15) is 0 Å². The Morgan fingerprint density at radius 2 is 1.80 bits per heavy atom. The second kappa shape index (κ2) is 12.0. The molecule has 1 aliphatic rings. The first-order valence-corrected chi connectivity index (χ1v) is 9.81. The average Bonchev–Trinajstić information content (AvgIpc) is 2.73. The Morgan fingerprint density at radius 3 is 2.43 bits per heavy atom. The summed E-state index contributed by atoms with van der Waals surface area (Å²) >= 11 is 0. The normalized spacial score (nSPS) is 15.7. The molecule has 8 heteroatoms. The van der Waals surface area contributed by atoms with E-state index in [1.54, 1.807) is 19.5 Å². The Kier molecular flexibility index (Phi) is 10.4. The molecule has 30 heavy (non-hydrogen) atoms. The van der Waals surface area contributed by atoms with E-state index in [1.165, 1.54) is 0 Å². The number of carbonyl (C=O) groups excluding carboxylic acids is 1. The van der Waals surface area contributed by atoms with Crippen LogP contribution in [0.2, 0.25) is 0 Å². The van der Waals surface area contributed by atoms with Crippen LogP contribution < -0.4 is 20.5 Å². The molecule has 1 fully saturated rings. The summed E-state index contributed by atoms with van der Waals surface area (Å²) in [6.07, 6.45) is 8.14. The van der Waals surface area contributed by atoms with Gasteiger partial charge < -0.3 is 20.5 Å². The Labute approximate surface area is 190 Å². The number of halogens is 2. The number of benzene rings is 1. The molecule has 1 amide bonds. The summed E-state index contributed by atoms with van der Waals surface area (Å²) in [5.74, 6) is 1.22. The van der Waals surface area contributed by atoms with Crippen LogP contribution in [0.25, 0.3) is 0 Å². The highest BCUT2D eigenvalue weighted by Crippen LogP contribution is 2.32. The lowest BCUT2D eigenvalue weighted by atomic mass is 9.81. The molecule has 1 heterocycles. The van der Waals surface area contributed by atoms with E-state index < -0.39 is 5.54 Å². The number of rotatable bonds is 7. The van der Waals surface area contributed by atoms with Gasteiger partial charge in [0, 0.05) is 12.4 Å².